The number of methoxy groups -OCH3 is 1. The van der Waals surface area contributed by atoms with Crippen LogP contribution in [0.1, 0.15) is 12.0 Å². The van der Waals surface area contributed by atoms with Crippen molar-refractivity contribution in [1.82, 2.24) is 0 Å². The van der Waals surface area contributed by atoms with Gasteiger partial charge in [-0.05, 0) is 30.5 Å². The highest BCUT2D eigenvalue weighted by molar-refractivity contribution is 7.91. The molecule has 0 N–H and O–H groups in total. The molecule has 0 spiro atoms. The van der Waals surface area contributed by atoms with Gasteiger partial charge in [0.1, 0.15) is 10.6 Å². The topological polar surface area (TPSA) is 43.4 Å². The molecular formula is C16H18O3S. The molecule has 2 aromatic carbocycles. The first-order chi connectivity index (χ1) is 9.63. The SMILES string of the molecule is COc1ccccc1S(=O)(=O)CCCc1ccccc1. The Bertz CT molecular complexity index is 648. The lowest BCUT2D eigenvalue weighted by molar-refractivity contribution is 0.402. The van der Waals surface area contributed by atoms with Crippen molar-refractivity contribution in [3.05, 3.63) is 60.2 Å². The van der Waals surface area contributed by atoms with E-state index >= 15 is 0 Å². The zero-order valence-electron chi connectivity index (χ0n) is 11.5. The first-order valence-electron chi connectivity index (χ1n) is 6.53. The summed E-state index contributed by atoms with van der Waals surface area (Å²) < 4.78 is 29.8. The zero-order chi connectivity index (χ0) is 14.4. The minimum absolute atomic E-state index is 0.127. The molecule has 0 aliphatic rings. The average molecular weight is 290 g/mol. The molecule has 0 aliphatic carbocycles. The third kappa shape index (κ3) is 3.61. The number of benzene rings is 2. The van der Waals surface area contributed by atoms with E-state index in [1.807, 2.05) is 30.3 Å². The predicted octanol–water partition coefficient (Wildman–Crippen LogP) is 3.10. The zero-order valence-corrected chi connectivity index (χ0v) is 12.3. The molecule has 106 valence electrons. The Labute approximate surface area is 120 Å². The van der Waals surface area contributed by atoms with Gasteiger partial charge in [-0.2, -0.15) is 0 Å². The van der Waals surface area contributed by atoms with Crippen molar-refractivity contribution < 1.29 is 13.2 Å². The lowest BCUT2D eigenvalue weighted by atomic mass is 10.1. The van der Waals surface area contributed by atoms with Crippen LogP contribution in [0.3, 0.4) is 0 Å². The highest BCUT2D eigenvalue weighted by atomic mass is 32.2. The molecule has 0 radical (unpaired) electrons. The van der Waals surface area contributed by atoms with E-state index < -0.39 is 9.84 Å². The van der Waals surface area contributed by atoms with Gasteiger partial charge in [-0.3, -0.25) is 0 Å². The second-order valence-electron chi connectivity index (χ2n) is 4.56. The summed E-state index contributed by atoms with van der Waals surface area (Å²) in [5.41, 5.74) is 1.16. The van der Waals surface area contributed by atoms with Gasteiger partial charge in [0.05, 0.1) is 12.9 Å². The fourth-order valence-electron chi connectivity index (χ4n) is 2.10. The molecule has 20 heavy (non-hydrogen) atoms. The smallest absolute Gasteiger partial charge is 0.182 e. The summed E-state index contributed by atoms with van der Waals surface area (Å²) in [7, 11) is -1.81. The van der Waals surface area contributed by atoms with Gasteiger partial charge in [-0.15, -0.1) is 0 Å². The van der Waals surface area contributed by atoms with Crippen LogP contribution in [0.2, 0.25) is 0 Å². The molecule has 0 saturated heterocycles. The monoisotopic (exact) mass is 290 g/mol. The summed E-state index contributed by atoms with van der Waals surface area (Å²) in [6.07, 6.45) is 1.36. The van der Waals surface area contributed by atoms with Crippen molar-refractivity contribution in [3.63, 3.8) is 0 Å². The molecule has 0 atom stereocenters. The van der Waals surface area contributed by atoms with E-state index in [1.165, 1.54) is 7.11 Å². The molecule has 2 aromatic rings. The molecule has 0 aromatic heterocycles. The molecule has 0 unspecified atom stereocenters. The Kier molecular flexibility index (Phi) is 4.79. The minimum Gasteiger partial charge on any atom is -0.495 e. The number of hydrogen-bond donors (Lipinski definition) is 0. The van der Waals surface area contributed by atoms with E-state index in [9.17, 15) is 8.42 Å². The molecule has 0 saturated carbocycles. The molecule has 0 fully saturated rings. The van der Waals surface area contributed by atoms with Crippen LogP contribution in [-0.2, 0) is 16.3 Å². The van der Waals surface area contributed by atoms with Gasteiger partial charge < -0.3 is 4.74 Å². The third-order valence-electron chi connectivity index (χ3n) is 3.13. The van der Waals surface area contributed by atoms with Gasteiger partial charge in [0.15, 0.2) is 9.84 Å². The van der Waals surface area contributed by atoms with E-state index in [0.717, 1.165) is 12.0 Å². The molecular weight excluding hydrogens is 272 g/mol. The summed E-state index contributed by atoms with van der Waals surface area (Å²) in [5.74, 6) is 0.537. The summed E-state index contributed by atoms with van der Waals surface area (Å²) in [6, 6.07) is 16.6. The quantitative estimate of drug-likeness (QED) is 0.821. The first kappa shape index (κ1) is 14.6. The second kappa shape index (κ2) is 6.57. The van der Waals surface area contributed by atoms with Gasteiger partial charge in [-0.25, -0.2) is 8.42 Å². The Morgan fingerprint density at radius 1 is 0.950 bits per heavy atom. The Balaban J connectivity index is 2.04. The van der Waals surface area contributed by atoms with Crippen LogP contribution in [0, 0.1) is 0 Å². The van der Waals surface area contributed by atoms with Crippen molar-refractivity contribution in [2.24, 2.45) is 0 Å². The molecule has 4 heteroatoms. The van der Waals surface area contributed by atoms with Gasteiger partial charge in [0.25, 0.3) is 0 Å². The summed E-state index contributed by atoms with van der Waals surface area (Å²) in [4.78, 5) is 0.274. The highest BCUT2D eigenvalue weighted by Gasteiger charge is 2.18. The molecule has 0 amide bonds. The molecule has 3 nitrogen and oxygen atoms in total. The average Bonchev–Trinajstić information content (AvgIpc) is 2.48. The van der Waals surface area contributed by atoms with Gasteiger partial charge in [0, 0.05) is 0 Å². The third-order valence-corrected chi connectivity index (χ3v) is 4.96. The Morgan fingerprint density at radius 3 is 2.30 bits per heavy atom. The summed E-state index contributed by atoms with van der Waals surface area (Å²) >= 11 is 0. The number of para-hydroxylation sites is 1. The molecule has 0 aliphatic heterocycles. The minimum atomic E-state index is -3.30. The number of ether oxygens (including phenoxy) is 1. The summed E-state index contributed by atoms with van der Waals surface area (Å²) in [6.45, 7) is 0. The van der Waals surface area contributed by atoms with E-state index in [4.69, 9.17) is 4.74 Å². The van der Waals surface area contributed by atoms with Crippen LogP contribution < -0.4 is 4.74 Å². The van der Waals surface area contributed by atoms with Crippen molar-refractivity contribution in [2.45, 2.75) is 17.7 Å². The first-order valence-corrected chi connectivity index (χ1v) is 8.18. The van der Waals surface area contributed by atoms with Gasteiger partial charge >= 0.3 is 0 Å². The maximum atomic E-state index is 12.3. The van der Waals surface area contributed by atoms with Crippen molar-refractivity contribution >= 4 is 9.84 Å². The van der Waals surface area contributed by atoms with Crippen molar-refractivity contribution in [2.75, 3.05) is 12.9 Å². The largest absolute Gasteiger partial charge is 0.495 e. The lowest BCUT2D eigenvalue weighted by Gasteiger charge is -2.09. The van der Waals surface area contributed by atoms with E-state index in [1.54, 1.807) is 24.3 Å². The normalized spacial score (nSPS) is 11.2. The molecule has 0 bridgehead atoms. The molecule has 2 rings (SSSR count). The second-order valence-corrected chi connectivity index (χ2v) is 6.64. The number of aryl methyl sites for hydroxylation is 1. The van der Waals surface area contributed by atoms with Gasteiger partial charge in [-0.1, -0.05) is 42.5 Å². The molecule has 0 heterocycles. The van der Waals surface area contributed by atoms with Crippen LogP contribution in [-0.4, -0.2) is 21.3 Å². The van der Waals surface area contributed by atoms with Crippen LogP contribution >= 0.6 is 0 Å². The maximum Gasteiger partial charge on any atom is 0.182 e. The van der Waals surface area contributed by atoms with E-state index in [0.29, 0.717) is 12.2 Å². The van der Waals surface area contributed by atoms with E-state index in [-0.39, 0.29) is 10.6 Å². The number of sulfone groups is 1. The summed E-state index contributed by atoms with van der Waals surface area (Å²) in [5, 5.41) is 0. The Hall–Kier alpha value is -1.81. The van der Waals surface area contributed by atoms with Crippen molar-refractivity contribution in [3.8, 4) is 5.75 Å². The van der Waals surface area contributed by atoms with E-state index in [2.05, 4.69) is 0 Å². The van der Waals surface area contributed by atoms with Crippen LogP contribution in [0.25, 0.3) is 0 Å². The maximum absolute atomic E-state index is 12.3. The fraction of sp³-hybridized carbons (Fsp3) is 0.250. The predicted molar refractivity (Wildman–Crippen MR) is 79.8 cm³/mol. The fourth-order valence-corrected chi connectivity index (χ4v) is 3.58. The van der Waals surface area contributed by atoms with Gasteiger partial charge in [0.2, 0.25) is 0 Å². The van der Waals surface area contributed by atoms with Crippen LogP contribution in [0.5, 0.6) is 5.75 Å². The standard InChI is InChI=1S/C16H18O3S/c1-19-15-11-5-6-12-16(15)20(17,18)13-7-10-14-8-3-2-4-9-14/h2-6,8-9,11-12H,7,10,13H2,1H3. The van der Waals surface area contributed by atoms with Crippen LogP contribution in [0.4, 0.5) is 0 Å². The highest BCUT2D eigenvalue weighted by Crippen LogP contribution is 2.24. The Morgan fingerprint density at radius 2 is 1.60 bits per heavy atom. The number of hydrogen-bond acceptors (Lipinski definition) is 3. The number of rotatable bonds is 6. The van der Waals surface area contributed by atoms with Crippen molar-refractivity contribution in [1.29, 1.82) is 0 Å². The lowest BCUT2D eigenvalue weighted by Crippen LogP contribution is -2.09. The van der Waals surface area contributed by atoms with Crippen LogP contribution in [0.15, 0.2) is 59.5 Å².